The molecule has 1 rings (SSSR count). The van der Waals surface area contributed by atoms with Crippen LogP contribution >= 0.6 is 0 Å². The fraction of sp³-hybridized carbons (Fsp3) is 0.250. The van der Waals surface area contributed by atoms with Crippen molar-refractivity contribution in [3.8, 4) is 0 Å². The molecular formula is C12H15FN2O. The maximum Gasteiger partial charge on any atom is 0.254 e. The fourth-order valence-corrected chi connectivity index (χ4v) is 1.25. The number of nitrogens with two attached hydrogens (primary N) is 1. The maximum absolute atomic E-state index is 13.3. The zero-order chi connectivity index (χ0) is 12.0. The molecule has 1 aromatic rings. The van der Waals surface area contributed by atoms with Crippen LogP contribution < -0.4 is 11.1 Å². The van der Waals surface area contributed by atoms with Gasteiger partial charge in [0.25, 0.3) is 5.91 Å². The van der Waals surface area contributed by atoms with Crippen LogP contribution in [0.5, 0.6) is 0 Å². The minimum absolute atomic E-state index is 0.0229. The van der Waals surface area contributed by atoms with E-state index in [0.29, 0.717) is 12.2 Å². The van der Waals surface area contributed by atoms with E-state index in [4.69, 9.17) is 5.73 Å². The fourth-order valence-electron chi connectivity index (χ4n) is 1.25. The Morgan fingerprint density at radius 1 is 1.56 bits per heavy atom. The first-order chi connectivity index (χ1) is 7.65. The third-order valence-corrected chi connectivity index (χ3v) is 2.07. The number of carbonyl (C=O) groups excluding carboxylic acids is 1. The number of carbonyl (C=O) groups is 1. The zero-order valence-electron chi connectivity index (χ0n) is 9.16. The highest BCUT2D eigenvalue weighted by Gasteiger charge is 2.10. The van der Waals surface area contributed by atoms with Gasteiger partial charge in [-0.2, -0.15) is 0 Å². The van der Waals surface area contributed by atoms with Crippen LogP contribution in [0.25, 0.3) is 0 Å². The normalized spacial score (nSPS) is 10.6. The quantitative estimate of drug-likeness (QED) is 0.465. The summed E-state index contributed by atoms with van der Waals surface area (Å²) in [4.78, 5) is 11.5. The average Bonchev–Trinajstić information content (AvgIpc) is 2.24. The van der Waals surface area contributed by atoms with Crippen LogP contribution in [0.4, 0.5) is 10.1 Å². The second-order valence-electron chi connectivity index (χ2n) is 3.35. The highest BCUT2D eigenvalue weighted by Crippen LogP contribution is 2.11. The topological polar surface area (TPSA) is 55.1 Å². The van der Waals surface area contributed by atoms with Gasteiger partial charge in [0.15, 0.2) is 0 Å². The van der Waals surface area contributed by atoms with E-state index in [2.05, 4.69) is 5.32 Å². The van der Waals surface area contributed by atoms with Gasteiger partial charge < -0.3 is 11.1 Å². The Kier molecular flexibility index (Phi) is 4.51. The van der Waals surface area contributed by atoms with E-state index in [1.54, 1.807) is 0 Å². The van der Waals surface area contributed by atoms with Gasteiger partial charge in [-0.3, -0.25) is 4.79 Å². The van der Waals surface area contributed by atoms with Crippen LogP contribution in [0.1, 0.15) is 23.7 Å². The van der Waals surface area contributed by atoms with E-state index in [1.165, 1.54) is 12.1 Å². The molecule has 0 bridgehead atoms. The Morgan fingerprint density at radius 3 is 2.94 bits per heavy atom. The summed E-state index contributed by atoms with van der Waals surface area (Å²) in [6.07, 6.45) is 4.56. The molecule has 0 fully saturated rings. The van der Waals surface area contributed by atoms with Crippen molar-refractivity contribution in [2.45, 2.75) is 13.3 Å². The van der Waals surface area contributed by atoms with Gasteiger partial charge in [-0.1, -0.05) is 12.2 Å². The molecule has 0 atom stereocenters. The van der Waals surface area contributed by atoms with E-state index < -0.39 is 11.7 Å². The zero-order valence-corrected chi connectivity index (χ0v) is 9.16. The van der Waals surface area contributed by atoms with Crippen molar-refractivity contribution < 1.29 is 9.18 Å². The molecule has 1 aromatic carbocycles. The lowest BCUT2D eigenvalue weighted by Crippen LogP contribution is -2.25. The van der Waals surface area contributed by atoms with Crippen molar-refractivity contribution in [3.63, 3.8) is 0 Å². The molecule has 0 unspecified atom stereocenters. The van der Waals surface area contributed by atoms with Crippen LogP contribution in [0, 0.1) is 5.82 Å². The molecule has 0 aliphatic rings. The number of allylic oxidation sites excluding steroid dienone is 1. The summed E-state index contributed by atoms with van der Waals surface area (Å²) in [6.45, 7) is 2.40. The van der Waals surface area contributed by atoms with Gasteiger partial charge in [-0.25, -0.2) is 4.39 Å². The summed E-state index contributed by atoms with van der Waals surface area (Å²) in [6, 6.07) is 4.03. The van der Waals surface area contributed by atoms with Crippen LogP contribution in [0.2, 0.25) is 0 Å². The number of amides is 1. The summed E-state index contributed by atoms with van der Waals surface area (Å²) in [5.41, 5.74) is 5.72. The Balaban J connectivity index is 2.59. The van der Waals surface area contributed by atoms with E-state index in [-0.39, 0.29) is 5.56 Å². The van der Waals surface area contributed by atoms with E-state index in [0.717, 1.165) is 12.5 Å². The lowest BCUT2D eigenvalue weighted by molar-refractivity contribution is 0.0950. The van der Waals surface area contributed by atoms with E-state index in [9.17, 15) is 9.18 Å². The predicted octanol–water partition coefficient (Wildman–Crippen LogP) is 2.10. The van der Waals surface area contributed by atoms with Crippen LogP contribution in [-0.2, 0) is 0 Å². The summed E-state index contributed by atoms with van der Waals surface area (Å²) < 4.78 is 13.3. The molecule has 0 radical (unpaired) electrons. The first kappa shape index (κ1) is 12.2. The number of hydrogen-bond acceptors (Lipinski definition) is 2. The molecule has 16 heavy (non-hydrogen) atoms. The largest absolute Gasteiger partial charge is 0.399 e. The number of rotatable bonds is 4. The van der Waals surface area contributed by atoms with Gasteiger partial charge in [0, 0.05) is 12.2 Å². The molecular weight excluding hydrogens is 207 g/mol. The third kappa shape index (κ3) is 3.38. The van der Waals surface area contributed by atoms with Gasteiger partial charge in [0.2, 0.25) is 0 Å². The third-order valence-electron chi connectivity index (χ3n) is 2.07. The second kappa shape index (κ2) is 5.90. The second-order valence-corrected chi connectivity index (χ2v) is 3.35. The number of hydrogen-bond donors (Lipinski definition) is 2. The average molecular weight is 222 g/mol. The van der Waals surface area contributed by atoms with Crippen molar-refractivity contribution in [1.29, 1.82) is 0 Å². The number of nitrogen functional groups attached to an aromatic ring is 1. The van der Waals surface area contributed by atoms with Gasteiger partial charge in [-0.05, 0) is 31.5 Å². The molecule has 0 spiro atoms. The van der Waals surface area contributed by atoms with Gasteiger partial charge in [-0.15, -0.1) is 0 Å². The Hall–Kier alpha value is -1.84. The van der Waals surface area contributed by atoms with Gasteiger partial charge in [0.1, 0.15) is 5.82 Å². The molecule has 86 valence electrons. The molecule has 0 saturated carbocycles. The lowest BCUT2D eigenvalue weighted by Gasteiger charge is -2.05. The molecule has 0 heterocycles. The number of benzene rings is 1. The smallest absolute Gasteiger partial charge is 0.254 e. The standard InChI is InChI=1S/C12H15FN2O/c1-2-3-4-7-15-12(16)10-6-5-9(14)8-11(10)13/h2-3,5-6,8H,4,7,14H2,1H3,(H,15,16)/b3-2+. The minimum atomic E-state index is -0.594. The SMILES string of the molecule is C/C=C/CCNC(=O)c1ccc(N)cc1F. The molecule has 0 saturated heterocycles. The molecule has 3 N–H and O–H groups in total. The van der Waals surface area contributed by atoms with Crippen LogP contribution in [-0.4, -0.2) is 12.5 Å². The van der Waals surface area contributed by atoms with Crippen LogP contribution in [0.15, 0.2) is 30.4 Å². The summed E-state index contributed by atoms with van der Waals surface area (Å²) in [7, 11) is 0. The van der Waals surface area contributed by atoms with E-state index >= 15 is 0 Å². The van der Waals surface area contributed by atoms with Crippen LogP contribution in [0.3, 0.4) is 0 Å². The highest BCUT2D eigenvalue weighted by atomic mass is 19.1. The molecule has 0 aliphatic heterocycles. The molecule has 1 amide bonds. The monoisotopic (exact) mass is 222 g/mol. The summed E-state index contributed by atoms with van der Waals surface area (Å²) in [5.74, 6) is -1.01. The Morgan fingerprint density at radius 2 is 2.31 bits per heavy atom. The van der Waals surface area contributed by atoms with Crippen molar-refractivity contribution in [2.75, 3.05) is 12.3 Å². The number of anilines is 1. The first-order valence-electron chi connectivity index (χ1n) is 5.09. The molecule has 0 aliphatic carbocycles. The Bertz CT molecular complexity index is 402. The first-order valence-corrected chi connectivity index (χ1v) is 5.09. The molecule has 4 heteroatoms. The lowest BCUT2D eigenvalue weighted by atomic mass is 10.2. The minimum Gasteiger partial charge on any atom is -0.399 e. The summed E-state index contributed by atoms with van der Waals surface area (Å²) in [5, 5.41) is 2.62. The van der Waals surface area contributed by atoms with Crippen molar-refractivity contribution >= 4 is 11.6 Å². The van der Waals surface area contributed by atoms with E-state index in [1.807, 2.05) is 19.1 Å². The van der Waals surface area contributed by atoms with Gasteiger partial charge in [0.05, 0.1) is 5.56 Å². The molecule has 3 nitrogen and oxygen atoms in total. The Labute approximate surface area is 94.1 Å². The molecule has 0 aromatic heterocycles. The van der Waals surface area contributed by atoms with Gasteiger partial charge >= 0.3 is 0 Å². The predicted molar refractivity (Wildman–Crippen MR) is 62.6 cm³/mol. The van der Waals surface area contributed by atoms with Crippen molar-refractivity contribution in [2.24, 2.45) is 0 Å². The highest BCUT2D eigenvalue weighted by molar-refractivity contribution is 5.94. The summed E-state index contributed by atoms with van der Waals surface area (Å²) >= 11 is 0. The maximum atomic E-state index is 13.3. The van der Waals surface area contributed by atoms with Crippen molar-refractivity contribution in [1.82, 2.24) is 5.32 Å². The van der Waals surface area contributed by atoms with Crippen molar-refractivity contribution in [3.05, 3.63) is 41.7 Å². The number of halogens is 1. The number of nitrogens with one attached hydrogen (secondary N) is 1.